The van der Waals surface area contributed by atoms with Gasteiger partial charge in [0.15, 0.2) is 0 Å². The molecule has 0 fully saturated rings. The van der Waals surface area contributed by atoms with Gasteiger partial charge in [-0.15, -0.1) is 11.3 Å². The van der Waals surface area contributed by atoms with E-state index in [0.717, 1.165) is 36.5 Å². The molecule has 1 aliphatic heterocycles. The second-order valence-corrected chi connectivity index (χ2v) is 8.05. The van der Waals surface area contributed by atoms with Gasteiger partial charge in [0.25, 0.3) is 5.91 Å². The van der Waals surface area contributed by atoms with Crippen LogP contribution in [0.3, 0.4) is 0 Å². The number of anilines is 1. The van der Waals surface area contributed by atoms with E-state index in [1.807, 2.05) is 6.07 Å². The first-order valence-corrected chi connectivity index (χ1v) is 10.3. The molecule has 146 valence electrons. The molecule has 1 aromatic heterocycles. The van der Waals surface area contributed by atoms with E-state index in [9.17, 15) is 10.1 Å². The van der Waals surface area contributed by atoms with E-state index in [-0.39, 0.29) is 5.91 Å². The molecule has 1 amide bonds. The Balaban J connectivity index is 1.51. The van der Waals surface area contributed by atoms with Gasteiger partial charge in [0, 0.05) is 30.1 Å². The zero-order valence-electron chi connectivity index (χ0n) is 16.1. The van der Waals surface area contributed by atoms with Crippen LogP contribution in [0.4, 0.5) is 5.00 Å². The monoisotopic (exact) mass is 403 g/mol. The number of carbonyl (C=O) groups is 1. The number of rotatable bonds is 5. The standard InChI is InChI=1S/C23H21N3O2S/c1-28-18-9-7-17(8-10-18)22(27)25-23-20(13-24)19-11-12-26(15-21(19)29-23)14-16-5-3-2-4-6-16/h2-10H,11-12,14-15H2,1H3,(H,25,27). The molecule has 6 heteroatoms. The number of carbonyl (C=O) groups excluding carboxylic acids is 1. The van der Waals surface area contributed by atoms with Gasteiger partial charge in [0.2, 0.25) is 0 Å². The molecule has 2 heterocycles. The van der Waals surface area contributed by atoms with Crippen LogP contribution in [0.1, 0.15) is 31.9 Å². The number of hydrogen-bond donors (Lipinski definition) is 1. The van der Waals surface area contributed by atoms with Crippen LogP contribution in [-0.2, 0) is 19.5 Å². The number of nitriles is 1. The molecule has 3 aromatic rings. The third kappa shape index (κ3) is 4.16. The summed E-state index contributed by atoms with van der Waals surface area (Å²) in [6.07, 6.45) is 0.819. The SMILES string of the molecule is COc1ccc(C(=O)Nc2sc3c(c2C#N)CCN(Cc2ccccc2)C3)cc1. The predicted molar refractivity (Wildman–Crippen MR) is 114 cm³/mol. The molecular weight excluding hydrogens is 382 g/mol. The summed E-state index contributed by atoms with van der Waals surface area (Å²) in [4.78, 5) is 16.2. The second kappa shape index (κ2) is 8.48. The molecule has 0 atom stereocenters. The average Bonchev–Trinajstić information content (AvgIpc) is 3.10. The van der Waals surface area contributed by atoms with E-state index in [1.54, 1.807) is 31.4 Å². The topological polar surface area (TPSA) is 65.4 Å². The van der Waals surface area contributed by atoms with E-state index in [1.165, 1.54) is 16.9 Å². The van der Waals surface area contributed by atoms with Gasteiger partial charge >= 0.3 is 0 Å². The van der Waals surface area contributed by atoms with Gasteiger partial charge in [-0.2, -0.15) is 5.26 Å². The molecule has 0 spiro atoms. The molecule has 0 saturated heterocycles. The van der Waals surface area contributed by atoms with Crippen LogP contribution < -0.4 is 10.1 Å². The van der Waals surface area contributed by atoms with Crippen molar-refractivity contribution in [1.29, 1.82) is 5.26 Å². The van der Waals surface area contributed by atoms with Crippen LogP contribution in [0.25, 0.3) is 0 Å². The number of benzene rings is 2. The Labute approximate surface area is 174 Å². The van der Waals surface area contributed by atoms with Crippen LogP contribution >= 0.6 is 11.3 Å². The molecule has 1 aliphatic rings. The maximum atomic E-state index is 12.6. The number of nitrogens with zero attached hydrogens (tertiary/aromatic N) is 2. The van der Waals surface area contributed by atoms with Crippen LogP contribution in [0.5, 0.6) is 5.75 Å². The molecular formula is C23H21N3O2S. The van der Waals surface area contributed by atoms with Crippen molar-refractivity contribution in [3.05, 3.63) is 81.7 Å². The van der Waals surface area contributed by atoms with Gasteiger partial charge in [-0.25, -0.2) is 0 Å². The van der Waals surface area contributed by atoms with E-state index in [2.05, 4.69) is 40.6 Å². The molecule has 0 saturated carbocycles. The minimum absolute atomic E-state index is 0.219. The molecule has 4 rings (SSSR count). The summed E-state index contributed by atoms with van der Waals surface area (Å²) in [7, 11) is 1.59. The van der Waals surface area contributed by atoms with E-state index >= 15 is 0 Å². The van der Waals surface area contributed by atoms with Crippen molar-refractivity contribution in [3.8, 4) is 11.8 Å². The summed E-state index contributed by atoms with van der Waals surface area (Å²) in [6, 6.07) is 19.6. The first-order valence-electron chi connectivity index (χ1n) is 9.44. The largest absolute Gasteiger partial charge is 0.497 e. The van der Waals surface area contributed by atoms with E-state index < -0.39 is 0 Å². The summed E-state index contributed by atoms with van der Waals surface area (Å²) < 4.78 is 5.13. The van der Waals surface area contributed by atoms with Crippen LogP contribution in [0, 0.1) is 11.3 Å². The van der Waals surface area contributed by atoms with Crippen molar-refractivity contribution >= 4 is 22.2 Å². The fourth-order valence-electron chi connectivity index (χ4n) is 3.56. The van der Waals surface area contributed by atoms with Crippen molar-refractivity contribution in [2.24, 2.45) is 0 Å². The maximum absolute atomic E-state index is 12.6. The lowest BCUT2D eigenvalue weighted by Crippen LogP contribution is -2.29. The van der Waals surface area contributed by atoms with Crippen molar-refractivity contribution in [2.45, 2.75) is 19.5 Å². The number of methoxy groups -OCH3 is 1. The van der Waals surface area contributed by atoms with Gasteiger partial charge in [0.05, 0.1) is 12.7 Å². The normalized spacial score (nSPS) is 13.4. The maximum Gasteiger partial charge on any atom is 0.256 e. The predicted octanol–water partition coefficient (Wildman–Crippen LogP) is 4.44. The molecule has 0 bridgehead atoms. The minimum Gasteiger partial charge on any atom is -0.497 e. The summed E-state index contributed by atoms with van der Waals surface area (Å²) in [5, 5.41) is 13.3. The lowest BCUT2D eigenvalue weighted by molar-refractivity contribution is 0.102. The Hall–Kier alpha value is -3.14. The van der Waals surface area contributed by atoms with Crippen molar-refractivity contribution < 1.29 is 9.53 Å². The number of thiophene rings is 1. The van der Waals surface area contributed by atoms with Crippen LogP contribution in [0.2, 0.25) is 0 Å². The third-order valence-electron chi connectivity index (χ3n) is 5.08. The Morgan fingerprint density at radius 1 is 1.21 bits per heavy atom. The smallest absolute Gasteiger partial charge is 0.256 e. The average molecular weight is 404 g/mol. The third-order valence-corrected chi connectivity index (χ3v) is 6.21. The van der Waals surface area contributed by atoms with Gasteiger partial charge in [-0.05, 0) is 41.8 Å². The zero-order valence-corrected chi connectivity index (χ0v) is 17.0. The highest BCUT2D eigenvalue weighted by Gasteiger charge is 2.25. The summed E-state index contributed by atoms with van der Waals surface area (Å²) in [6.45, 7) is 2.58. The Bertz CT molecular complexity index is 1050. The lowest BCUT2D eigenvalue weighted by Gasteiger charge is -2.26. The Morgan fingerprint density at radius 3 is 2.66 bits per heavy atom. The van der Waals surface area contributed by atoms with Crippen LogP contribution in [-0.4, -0.2) is 24.5 Å². The first kappa shape index (κ1) is 19.2. The summed E-state index contributed by atoms with van der Waals surface area (Å²) in [5.41, 5.74) is 3.49. The molecule has 5 nitrogen and oxygen atoms in total. The van der Waals surface area contributed by atoms with Gasteiger partial charge in [-0.1, -0.05) is 30.3 Å². The van der Waals surface area contributed by atoms with Gasteiger partial charge in [-0.3, -0.25) is 9.69 Å². The van der Waals surface area contributed by atoms with Crippen molar-refractivity contribution in [3.63, 3.8) is 0 Å². The zero-order chi connectivity index (χ0) is 20.2. The van der Waals surface area contributed by atoms with Gasteiger partial charge in [0.1, 0.15) is 16.8 Å². The van der Waals surface area contributed by atoms with E-state index in [0.29, 0.717) is 21.9 Å². The number of fused-ring (bicyclic) bond motifs is 1. The number of amides is 1. The highest BCUT2D eigenvalue weighted by Crippen LogP contribution is 2.37. The summed E-state index contributed by atoms with van der Waals surface area (Å²) in [5.74, 6) is 0.480. The minimum atomic E-state index is -0.219. The fraction of sp³-hybridized carbons (Fsp3) is 0.217. The first-order chi connectivity index (χ1) is 14.2. The molecule has 0 aliphatic carbocycles. The number of ether oxygens (including phenoxy) is 1. The molecule has 29 heavy (non-hydrogen) atoms. The highest BCUT2D eigenvalue weighted by atomic mass is 32.1. The molecule has 0 unspecified atom stereocenters. The lowest BCUT2D eigenvalue weighted by atomic mass is 10.0. The molecule has 1 N–H and O–H groups in total. The summed E-state index contributed by atoms with van der Waals surface area (Å²) >= 11 is 1.51. The van der Waals surface area contributed by atoms with Gasteiger partial charge < -0.3 is 10.1 Å². The quantitative estimate of drug-likeness (QED) is 0.684. The fourth-order valence-corrected chi connectivity index (χ4v) is 4.79. The Kier molecular flexibility index (Phi) is 5.61. The number of hydrogen-bond acceptors (Lipinski definition) is 5. The molecule has 2 aromatic carbocycles. The van der Waals surface area contributed by atoms with Crippen molar-refractivity contribution in [1.82, 2.24) is 4.90 Å². The molecule has 0 radical (unpaired) electrons. The highest BCUT2D eigenvalue weighted by molar-refractivity contribution is 7.16. The second-order valence-electron chi connectivity index (χ2n) is 6.95. The number of nitrogens with one attached hydrogen (secondary N) is 1. The van der Waals surface area contributed by atoms with E-state index in [4.69, 9.17) is 4.74 Å². The van der Waals surface area contributed by atoms with Crippen LogP contribution in [0.15, 0.2) is 54.6 Å². The Morgan fingerprint density at radius 2 is 1.97 bits per heavy atom. The van der Waals surface area contributed by atoms with Crippen molar-refractivity contribution in [2.75, 3.05) is 19.0 Å².